The Bertz CT molecular complexity index is 926. The second-order valence-corrected chi connectivity index (χ2v) is 7.48. The molecule has 1 unspecified atom stereocenters. The number of halogens is 6. The summed E-state index contributed by atoms with van der Waals surface area (Å²) in [6.07, 6.45) is -9.35. The maximum atomic E-state index is 12.9. The van der Waals surface area contributed by atoms with Crippen LogP contribution in [0.4, 0.5) is 32.2 Å². The van der Waals surface area contributed by atoms with Gasteiger partial charge in [-0.2, -0.15) is 31.4 Å². The number of rotatable bonds is 5. The number of hydrogen-bond acceptors (Lipinski definition) is 3. The third-order valence-electron chi connectivity index (χ3n) is 5.13. The van der Waals surface area contributed by atoms with Gasteiger partial charge in [0.15, 0.2) is 0 Å². The van der Waals surface area contributed by atoms with E-state index in [4.69, 9.17) is 11.5 Å². The lowest BCUT2D eigenvalue weighted by Crippen LogP contribution is -2.23. The number of anilines is 1. The number of alkyl halides is 6. The lowest BCUT2D eigenvalue weighted by molar-refractivity contribution is -0.137. The van der Waals surface area contributed by atoms with Gasteiger partial charge in [0.1, 0.15) is 11.4 Å². The Kier molecular flexibility index (Phi) is 4.83. The predicted octanol–water partition coefficient (Wildman–Crippen LogP) is 4.08. The maximum absolute atomic E-state index is 12.9. The zero-order valence-corrected chi connectivity index (χ0v) is 15.2. The van der Waals surface area contributed by atoms with Crippen molar-refractivity contribution in [3.8, 4) is 0 Å². The number of nitrogens with zero attached hydrogens (tertiary/aromatic N) is 2. The molecule has 1 saturated carbocycles. The summed E-state index contributed by atoms with van der Waals surface area (Å²) in [5.41, 5.74) is 9.07. The maximum Gasteiger partial charge on any atom is 0.416 e. The number of hydrogen-bond donors (Lipinski definition) is 2. The van der Waals surface area contributed by atoms with Gasteiger partial charge in [0.2, 0.25) is 0 Å². The van der Waals surface area contributed by atoms with Crippen molar-refractivity contribution in [2.24, 2.45) is 11.1 Å². The molecule has 0 saturated heterocycles. The Balaban J connectivity index is 2.11. The highest BCUT2D eigenvalue weighted by Crippen LogP contribution is 2.56. The first-order valence-electron chi connectivity index (χ1n) is 8.63. The highest BCUT2D eigenvalue weighted by Gasteiger charge is 2.48. The van der Waals surface area contributed by atoms with E-state index in [1.54, 1.807) is 0 Å². The molecule has 1 atom stereocenters. The molecule has 1 aromatic carbocycles. The molecule has 4 N–H and O–H groups in total. The van der Waals surface area contributed by atoms with Crippen LogP contribution in [0.15, 0.2) is 24.3 Å². The van der Waals surface area contributed by atoms with Crippen molar-refractivity contribution in [2.45, 2.75) is 44.6 Å². The van der Waals surface area contributed by atoms with Crippen molar-refractivity contribution < 1.29 is 31.1 Å². The van der Waals surface area contributed by atoms with Gasteiger partial charge in [-0.1, -0.05) is 19.1 Å². The molecule has 0 spiro atoms. The van der Waals surface area contributed by atoms with E-state index in [0.717, 1.165) is 16.8 Å². The van der Waals surface area contributed by atoms with Gasteiger partial charge in [0, 0.05) is 0 Å². The Morgan fingerprint density at radius 2 is 1.72 bits per heavy atom. The molecule has 0 bridgehead atoms. The number of nitrogens with two attached hydrogens (primary N) is 2. The van der Waals surface area contributed by atoms with Crippen LogP contribution in [-0.2, 0) is 12.6 Å². The Morgan fingerprint density at radius 1 is 1.17 bits per heavy atom. The van der Waals surface area contributed by atoms with Crippen LogP contribution in [0.5, 0.6) is 0 Å². The molecule has 1 aliphatic carbocycles. The summed E-state index contributed by atoms with van der Waals surface area (Å²) in [5, 5.41) is 3.92. The number of primary amides is 1. The largest absolute Gasteiger partial charge is 0.416 e. The molecule has 158 valence electrons. The third kappa shape index (κ3) is 4.18. The van der Waals surface area contributed by atoms with Crippen LogP contribution in [0.25, 0.3) is 0 Å². The first kappa shape index (κ1) is 21.0. The van der Waals surface area contributed by atoms with Crippen molar-refractivity contribution in [1.29, 1.82) is 0 Å². The second kappa shape index (κ2) is 6.67. The van der Waals surface area contributed by atoms with E-state index in [1.807, 2.05) is 6.92 Å². The SMILES string of the molecule is CC1(C(c2ccc(C(F)(F)F)cc2)n2nc(CC(F)(F)F)c(C(N)=O)c2N)CC1. The van der Waals surface area contributed by atoms with Crippen molar-refractivity contribution >= 4 is 11.7 Å². The van der Waals surface area contributed by atoms with Gasteiger partial charge in [-0.05, 0) is 36.0 Å². The van der Waals surface area contributed by atoms with E-state index >= 15 is 0 Å². The fraction of sp³-hybridized carbons (Fsp3) is 0.444. The number of aromatic nitrogens is 2. The van der Waals surface area contributed by atoms with Crippen LogP contribution in [-0.4, -0.2) is 21.9 Å². The minimum Gasteiger partial charge on any atom is -0.383 e. The Morgan fingerprint density at radius 3 is 2.14 bits per heavy atom. The predicted molar refractivity (Wildman–Crippen MR) is 91.8 cm³/mol. The van der Waals surface area contributed by atoms with E-state index in [2.05, 4.69) is 5.10 Å². The molecule has 5 nitrogen and oxygen atoms in total. The quantitative estimate of drug-likeness (QED) is 0.715. The molecular weight excluding hydrogens is 402 g/mol. The number of carbonyl (C=O) groups excluding carboxylic acids is 1. The third-order valence-corrected chi connectivity index (χ3v) is 5.13. The summed E-state index contributed by atoms with van der Waals surface area (Å²) < 4.78 is 78.4. The van der Waals surface area contributed by atoms with Crippen molar-refractivity contribution in [3.63, 3.8) is 0 Å². The lowest BCUT2D eigenvalue weighted by Gasteiger charge is -2.26. The minimum absolute atomic E-state index is 0.338. The van der Waals surface area contributed by atoms with Gasteiger partial charge in [-0.15, -0.1) is 0 Å². The summed E-state index contributed by atoms with van der Waals surface area (Å²) in [6, 6.07) is 3.51. The van der Waals surface area contributed by atoms with Crippen LogP contribution >= 0.6 is 0 Å². The highest BCUT2D eigenvalue weighted by atomic mass is 19.4. The first-order chi connectivity index (χ1) is 13.2. The number of amides is 1. The zero-order valence-electron chi connectivity index (χ0n) is 15.2. The van der Waals surface area contributed by atoms with Gasteiger partial charge in [-0.25, -0.2) is 4.68 Å². The monoisotopic (exact) mass is 420 g/mol. The molecule has 1 aromatic heterocycles. The number of nitrogen functional groups attached to an aromatic ring is 1. The standard InChI is InChI=1S/C18H18F6N4O/c1-16(6-7-16)13(9-2-4-10(5-3-9)18(22,23)24)28-14(25)12(15(26)29)11(27-28)8-17(19,20)21/h2-5,13H,6-8,25H2,1H3,(H2,26,29). The Labute approximate surface area is 161 Å². The molecule has 1 fully saturated rings. The van der Waals surface area contributed by atoms with E-state index < -0.39 is 53.0 Å². The van der Waals surface area contributed by atoms with E-state index in [9.17, 15) is 31.1 Å². The Hall–Kier alpha value is -2.72. The average Bonchev–Trinajstić information content (AvgIpc) is 3.22. The summed E-state index contributed by atoms with van der Waals surface area (Å²) in [6.45, 7) is 1.82. The van der Waals surface area contributed by atoms with E-state index in [0.29, 0.717) is 18.4 Å². The van der Waals surface area contributed by atoms with Crippen LogP contribution in [0.1, 0.15) is 53.0 Å². The molecule has 2 aromatic rings. The molecule has 1 heterocycles. The lowest BCUT2D eigenvalue weighted by atomic mass is 9.91. The molecule has 1 aliphatic rings. The van der Waals surface area contributed by atoms with Gasteiger partial charge in [-0.3, -0.25) is 4.79 Å². The van der Waals surface area contributed by atoms with Crippen LogP contribution < -0.4 is 11.5 Å². The van der Waals surface area contributed by atoms with Crippen molar-refractivity contribution in [1.82, 2.24) is 9.78 Å². The molecular formula is C18H18F6N4O. The van der Waals surface area contributed by atoms with Gasteiger partial charge >= 0.3 is 12.4 Å². The minimum atomic E-state index is -4.65. The number of carbonyl (C=O) groups is 1. The zero-order chi connectivity index (χ0) is 21.8. The summed E-state index contributed by atoms with van der Waals surface area (Å²) in [4.78, 5) is 11.7. The fourth-order valence-electron chi connectivity index (χ4n) is 3.44. The number of benzene rings is 1. The molecule has 0 aliphatic heterocycles. The molecule has 3 rings (SSSR count). The van der Waals surface area contributed by atoms with Gasteiger partial charge in [0.25, 0.3) is 5.91 Å². The highest BCUT2D eigenvalue weighted by molar-refractivity contribution is 5.98. The van der Waals surface area contributed by atoms with Crippen molar-refractivity contribution in [2.75, 3.05) is 5.73 Å². The second-order valence-electron chi connectivity index (χ2n) is 7.48. The normalized spacial score (nSPS) is 17.2. The molecule has 11 heteroatoms. The fourth-order valence-corrected chi connectivity index (χ4v) is 3.44. The molecule has 1 amide bonds. The van der Waals surface area contributed by atoms with Crippen molar-refractivity contribution in [3.05, 3.63) is 46.6 Å². The topological polar surface area (TPSA) is 86.9 Å². The smallest absolute Gasteiger partial charge is 0.383 e. The van der Waals surface area contributed by atoms with Crippen LogP contribution in [0.3, 0.4) is 0 Å². The van der Waals surface area contributed by atoms with Crippen LogP contribution in [0.2, 0.25) is 0 Å². The van der Waals surface area contributed by atoms with Gasteiger partial charge < -0.3 is 11.5 Å². The van der Waals surface area contributed by atoms with Crippen LogP contribution in [0, 0.1) is 5.41 Å². The van der Waals surface area contributed by atoms with E-state index in [1.165, 1.54) is 12.1 Å². The summed E-state index contributed by atoms with van der Waals surface area (Å²) in [5.74, 6) is -1.49. The molecule has 0 radical (unpaired) electrons. The summed E-state index contributed by atoms with van der Waals surface area (Å²) in [7, 11) is 0. The summed E-state index contributed by atoms with van der Waals surface area (Å²) >= 11 is 0. The van der Waals surface area contributed by atoms with E-state index in [-0.39, 0.29) is 5.82 Å². The average molecular weight is 420 g/mol. The molecule has 29 heavy (non-hydrogen) atoms. The van der Waals surface area contributed by atoms with Gasteiger partial charge in [0.05, 0.1) is 23.7 Å². The first-order valence-corrected chi connectivity index (χ1v) is 8.63.